The van der Waals surface area contributed by atoms with Gasteiger partial charge in [-0.1, -0.05) is 43.7 Å². The van der Waals surface area contributed by atoms with Crippen molar-refractivity contribution in [1.29, 1.82) is 0 Å². The van der Waals surface area contributed by atoms with Gasteiger partial charge in [0.2, 0.25) is 0 Å². The molecular formula is C21H37N5. The third-order valence-corrected chi connectivity index (χ3v) is 4.95. The Balaban J connectivity index is 1.51. The number of piperazine rings is 1. The number of rotatable bonds is 10. The van der Waals surface area contributed by atoms with Gasteiger partial charge in [-0.3, -0.25) is 9.89 Å². The molecule has 1 aliphatic heterocycles. The maximum atomic E-state index is 4.27. The molecule has 5 heteroatoms. The molecule has 0 bridgehead atoms. The standard InChI is InChI=1S/C21H37N5/c1-3-4-12-23-21(22-2)24-13-8-9-14-25-15-17-26(18-16-25)19-20-10-6-5-7-11-20/h5-7,10-11H,3-4,8-9,12-19H2,1-2H3,(H2,22,23,24). The van der Waals surface area contributed by atoms with Crippen LogP contribution in [0.5, 0.6) is 0 Å². The molecule has 1 aliphatic rings. The highest BCUT2D eigenvalue weighted by atomic mass is 15.3. The van der Waals surface area contributed by atoms with Gasteiger partial charge in [-0.25, -0.2) is 0 Å². The van der Waals surface area contributed by atoms with E-state index in [1.54, 1.807) is 0 Å². The zero-order chi connectivity index (χ0) is 18.5. The summed E-state index contributed by atoms with van der Waals surface area (Å²) in [4.78, 5) is 9.44. The van der Waals surface area contributed by atoms with Gasteiger partial charge < -0.3 is 15.5 Å². The Morgan fingerprint density at radius 1 is 0.923 bits per heavy atom. The molecule has 0 unspecified atom stereocenters. The van der Waals surface area contributed by atoms with Gasteiger partial charge in [0.1, 0.15) is 0 Å². The molecule has 0 spiro atoms. The third kappa shape index (κ3) is 8.19. The van der Waals surface area contributed by atoms with Crippen LogP contribution < -0.4 is 10.6 Å². The van der Waals surface area contributed by atoms with Crippen LogP contribution in [0.1, 0.15) is 38.2 Å². The molecule has 1 heterocycles. The third-order valence-electron chi connectivity index (χ3n) is 4.95. The van der Waals surface area contributed by atoms with E-state index >= 15 is 0 Å². The molecule has 2 N–H and O–H groups in total. The Labute approximate surface area is 159 Å². The molecule has 26 heavy (non-hydrogen) atoms. The summed E-state index contributed by atoms with van der Waals surface area (Å²) in [6.45, 7) is 11.3. The molecule has 5 nitrogen and oxygen atoms in total. The fourth-order valence-electron chi connectivity index (χ4n) is 3.28. The lowest BCUT2D eigenvalue weighted by Gasteiger charge is -2.34. The van der Waals surface area contributed by atoms with Crippen molar-refractivity contribution in [2.24, 2.45) is 4.99 Å². The summed E-state index contributed by atoms with van der Waals surface area (Å²) >= 11 is 0. The van der Waals surface area contributed by atoms with E-state index < -0.39 is 0 Å². The number of nitrogens with one attached hydrogen (secondary N) is 2. The van der Waals surface area contributed by atoms with Crippen molar-refractivity contribution in [2.75, 3.05) is 52.9 Å². The highest BCUT2D eigenvalue weighted by Gasteiger charge is 2.16. The van der Waals surface area contributed by atoms with Gasteiger partial charge >= 0.3 is 0 Å². The van der Waals surface area contributed by atoms with E-state index in [4.69, 9.17) is 0 Å². The maximum Gasteiger partial charge on any atom is 0.190 e. The number of hydrogen-bond acceptors (Lipinski definition) is 3. The molecule has 0 atom stereocenters. The fraction of sp³-hybridized carbons (Fsp3) is 0.667. The first-order valence-corrected chi connectivity index (χ1v) is 10.2. The minimum Gasteiger partial charge on any atom is -0.356 e. The van der Waals surface area contributed by atoms with Crippen molar-refractivity contribution in [3.63, 3.8) is 0 Å². The van der Waals surface area contributed by atoms with Crippen LogP contribution in [0, 0.1) is 0 Å². The molecule has 1 saturated heterocycles. The van der Waals surface area contributed by atoms with E-state index in [2.05, 4.69) is 62.7 Å². The summed E-state index contributed by atoms with van der Waals surface area (Å²) in [6, 6.07) is 10.8. The largest absolute Gasteiger partial charge is 0.356 e. The Kier molecular flexibility index (Phi) is 10.1. The molecule has 0 saturated carbocycles. The lowest BCUT2D eigenvalue weighted by atomic mass is 10.2. The Morgan fingerprint density at radius 2 is 1.58 bits per heavy atom. The van der Waals surface area contributed by atoms with Gasteiger partial charge in [0.15, 0.2) is 5.96 Å². The van der Waals surface area contributed by atoms with E-state index in [1.165, 1.54) is 64.0 Å². The summed E-state index contributed by atoms with van der Waals surface area (Å²) in [5.74, 6) is 0.938. The molecule has 0 radical (unpaired) electrons. The van der Waals surface area contributed by atoms with Crippen LogP contribution in [0.15, 0.2) is 35.3 Å². The van der Waals surface area contributed by atoms with Gasteiger partial charge in [-0.05, 0) is 31.4 Å². The van der Waals surface area contributed by atoms with E-state index in [0.29, 0.717) is 0 Å². The smallest absolute Gasteiger partial charge is 0.190 e. The van der Waals surface area contributed by atoms with Crippen LogP contribution in [0.4, 0.5) is 0 Å². The number of hydrogen-bond donors (Lipinski definition) is 2. The van der Waals surface area contributed by atoms with Crippen LogP contribution >= 0.6 is 0 Å². The molecule has 0 aromatic heterocycles. The summed E-state index contributed by atoms with van der Waals surface area (Å²) in [5, 5.41) is 6.77. The number of guanidine groups is 1. The van der Waals surface area contributed by atoms with Crippen LogP contribution in [-0.2, 0) is 6.54 Å². The van der Waals surface area contributed by atoms with Crippen molar-refractivity contribution in [2.45, 2.75) is 39.2 Å². The monoisotopic (exact) mass is 359 g/mol. The zero-order valence-corrected chi connectivity index (χ0v) is 16.7. The Bertz CT molecular complexity index is 494. The molecule has 1 fully saturated rings. The van der Waals surface area contributed by atoms with Crippen molar-refractivity contribution >= 4 is 5.96 Å². The molecule has 1 aromatic carbocycles. The normalized spacial score (nSPS) is 16.6. The molecule has 146 valence electrons. The van der Waals surface area contributed by atoms with Crippen molar-refractivity contribution in [1.82, 2.24) is 20.4 Å². The highest BCUT2D eigenvalue weighted by Crippen LogP contribution is 2.08. The average molecular weight is 360 g/mol. The predicted octanol–water partition coefficient (Wildman–Crippen LogP) is 2.55. The van der Waals surface area contributed by atoms with Gasteiger partial charge in [0.25, 0.3) is 0 Å². The van der Waals surface area contributed by atoms with Crippen LogP contribution in [0.3, 0.4) is 0 Å². The minimum absolute atomic E-state index is 0.938. The molecule has 0 aliphatic carbocycles. The number of benzene rings is 1. The summed E-state index contributed by atoms with van der Waals surface area (Å²) in [6.07, 6.45) is 4.84. The van der Waals surface area contributed by atoms with Gasteiger partial charge in [0.05, 0.1) is 0 Å². The van der Waals surface area contributed by atoms with Crippen LogP contribution in [0.25, 0.3) is 0 Å². The molecule has 1 aromatic rings. The SMILES string of the molecule is CCCCNC(=NC)NCCCCN1CCN(Cc2ccccc2)CC1. The first kappa shape index (κ1) is 20.7. The first-order valence-electron chi connectivity index (χ1n) is 10.2. The second-order valence-corrected chi connectivity index (χ2v) is 7.09. The fourth-order valence-corrected chi connectivity index (χ4v) is 3.28. The first-order chi connectivity index (χ1) is 12.8. The molecular weight excluding hydrogens is 322 g/mol. The van der Waals surface area contributed by atoms with E-state index in [-0.39, 0.29) is 0 Å². The summed E-state index contributed by atoms with van der Waals surface area (Å²) in [7, 11) is 1.84. The van der Waals surface area contributed by atoms with Gasteiger partial charge in [-0.15, -0.1) is 0 Å². The van der Waals surface area contributed by atoms with Crippen molar-refractivity contribution < 1.29 is 0 Å². The number of nitrogens with zero attached hydrogens (tertiary/aromatic N) is 3. The second-order valence-electron chi connectivity index (χ2n) is 7.09. The van der Waals surface area contributed by atoms with Crippen LogP contribution in [0.2, 0.25) is 0 Å². The van der Waals surface area contributed by atoms with E-state index in [1.807, 2.05) is 7.05 Å². The zero-order valence-electron chi connectivity index (χ0n) is 16.7. The van der Waals surface area contributed by atoms with Gasteiger partial charge in [-0.2, -0.15) is 0 Å². The Hall–Kier alpha value is -1.59. The number of unbranched alkanes of at least 4 members (excludes halogenated alkanes) is 2. The van der Waals surface area contributed by atoms with Crippen molar-refractivity contribution in [3.05, 3.63) is 35.9 Å². The van der Waals surface area contributed by atoms with Gasteiger partial charge in [0, 0.05) is 52.9 Å². The highest BCUT2D eigenvalue weighted by molar-refractivity contribution is 5.79. The van der Waals surface area contributed by atoms with E-state index in [9.17, 15) is 0 Å². The second kappa shape index (κ2) is 12.7. The minimum atomic E-state index is 0.938. The summed E-state index contributed by atoms with van der Waals surface area (Å²) < 4.78 is 0. The lowest BCUT2D eigenvalue weighted by molar-refractivity contribution is 0.126. The quantitative estimate of drug-likeness (QED) is 0.383. The average Bonchev–Trinajstić information content (AvgIpc) is 2.68. The lowest BCUT2D eigenvalue weighted by Crippen LogP contribution is -2.46. The van der Waals surface area contributed by atoms with Crippen LogP contribution in [-0.4, -0.2) is 68.6 Å². The Morgan fingerprint density at radius 3 is 2.23 bits per heavy atom. The topological polar surface area (TPSA) is 42.9 Å². The maximum absolute atomic E-state index is 4.27. The summed E-state index contributed by atoms with van der Waals surface area (Å²) in [5.41, 5.74) is 1.42. The van der Waals surface area contributed by atoms with E-state index in [0.717, 1.165) is 25.6 Å². The van der Waals surface area contributed by atoms with Crippen molar-refractivity contribution in [3.8, 4) is 0 Å². The molecule has 2 rings (SSSR count). The predicted molar refractivity (Wildman–Crippen MR) is 112 cm³/mol. The molecule has 0 amide bonds. The number of aliphatic imine (C=N–C) groups is 1.